The van der Waals surface area contributed by atoms with Crippen molar-refractivity contribution in [2.24, 2.45) is 0 Å². The topological polar surface area (TPSA) is 149 Å². The summed E-state index contributed by atoms with van der Waals surface area (Å²) in [4.78, 5) is 24.7. The van der Waals surface area contributed by atoms with Gasteiger partial charge in [0.15, 0.2) is 6.29 Å². The molecule has 4 aromatic carbocycles. The number of ether oxygens (including phenoxy) is 2. The van der Waals surface area contributed by atoms with E-state index in [1.807, 2.05) is 84.7 Å². The van der Waals surface area contributed by atoms with E-state index in [0.717, 1.165) is 33.4 Å². The van der Waals surface area contributed by atoms with Crippen LogP contribution in [-0.2, 0) is 32.2 Å². The Hall–Kier alpha value is -4.58. The van der Waals surface area contributed by atoms with Gasteiger partial charge in [0.1, 0.15) is 5.75 Å². The standard InChI is InChI=1S/C38H42N2O8/c1-40(23-34(43)31-6-3-7-32(42)19-31)22-33-20-35(28-10-8-25(24-41)9-11-28)48-38(47-33)29-14-12-27(13-15-29)30-5-2-4-26(18-30)21-39-36(44)16-17-37(45)46/h2-15,18-19,33-35,38,41-43H,16-17,20-24H2,1H3,(H,39,44)(H,45,46). The van der Waals surface area contributed by atoms with Crippen molar-refractivity contribution < 1.29 is 39.5 Å². The third-order valence-electron chi connectivity index (χ3n) is 8.37. The second-order valence-electron chi connectivity index (χ2n) is 12.2. The van der Waals surface area contributed by atoms with E-state index in [1.54, 1.807) is 24.3 Å². The maximum absolute atomic E-state index is 12.0. The molecule has 48 heavy (non-hydrogen) atoms. The number of carboxylic acid groups (broad SMARTS) is 1. The van der Waals surface area contributed by atoms with Crippen LogP contribution < -0.4 is 5.32 Å². The first kappa shape index (κ1) is 34.7. The molecule has 252 valence electrons. The number of rotatable bonds is 14. The smallest absolute Gasteiger partial charge is 0.303 e. The number of aliphatic carboxylic acids is 1. The molecule has 5 rings (SSSR count). The molecule has 1 aliphatic heterocycles. The molecule has 1 heterocycles. The summed E-state index contributed by atoms with van der Waals surface area (Å²) in [6, 6.07) is 30.1. The van der Waals surface area contributed by atoms with Gasteiger partial charge in [-0.05, 0) is 58.6 Å². The Bertz CT molecular complexity index is 1660. The van der Waals surface area contributed by atoms with Crippen LogP contribution in [-0.4, -0.2) is 63.4 Å². The van der Waals surface area contributed by atoms with E-state index in [-0.39, 0.29) is 43.3 Å². The van der Waals surface area contributed by atoms with Crippen LogP contribution in [0.25, 0.3) is 11.1 Å². The second-order valence-corrected chi connectivity index (χ2v) is 12.2. The van der Waals surface area contributed by atoms with Gasteiger partial charge in [-0.1, -0.05) is 78.9 Å². The monoisotopic (exact) mass is 654 g/mol. The molecule has 1 saturated heterocycles. The summed E-state index contributed by atoms with van der Waals surface area (Å²) in [5.74, 6) is -1.20. The van der Waals surface area contributed by atoms with Crippen molar-refractivity contribution in [3.05, 3.63) is 125 Å². The molecular weight excluding hydrogens is 612 g/mol. The summed E-state index contributed by atoms with van der Waals surface area (Å²) in [6.45, 7) is 1.15. The highest BCUT2D eigenvalue weighted by Crippen LogP contribution is 2.38. The van der Waals surface area contributed by atoms with Crippen LogP contribution in [0, 0.1) is 0 Å². The number of phenolic OH excluding ortho intramolecular Hbond substituents is 1. The number of phenols is 1. The minimum absolute atomic E-state index is 0.0385. The highest BCUT2D eigenvalue weighted by molar-refractivity contribution is 5.80. The zero-order valence-corrected chi connectivity index (χ0v) is 26.9. The van der Waals surface area contributed by atoms with Crippen LogP contribution in [0.5, 0.6) is 5.75 Å². The van der Waals surface area contributed by atoms with Gasteiger partial charge in [0.25, 0.3) is 0 Å². The van der Waals surface area contributed by atoms with Crippen molar-refractivity contribution >= 4 is 11.9 Å². The lowest BCUT2D eigenvalue weighted by molar-refractivity contribution is -0.252. The van der Waals surface area contributed by atoms with E-state index in [0.29, 0.717) is 31.6 Å². The molecule has 0 radical (unpaired) electrons. The number of carbonyl (C=O) groups is 2. The molecular formula is C38H42N2O8. The van der Waals surface area contributed by atoms with Crippen LogP contribution in [0.1, 0.15) is 65.6 Å². The predicted molar refractivity (Wildman–Crippen MR) is 180 cm³/mol. The van der Waals surface area contributed by atoms with E-state index in [2.05, 4.69) is 5.32 Å². The fourth-order valence-electron chi connectivity index (χ4n) is 5.79. The van der Waals surface area contributed by atoms with Crippen molar-refractivity contribution in [1.82, 2.24) is 10.2 Å². The van der Waals surface area contributed by atoms with E-state index in [1.165, 1.54) is 0 Å². The zero-order valence-electron chi connectivity index (χ0n) is 26.9. The third-order valence-corrected chi connectivity index (χ3v) is 8.37. The number of nitrogens with one attached hydrogen (secondary N) is 1. The van der Waals surface area contributed by atoms with E-state index >= 15 is 0 Å². The van der Waals surface area contributed by atoms with Crippen molar-refractivity contribution in [3.8, 4) is 16.9 Å². The van der Waals surface area contributed by atoms with Crippen molar-refractivity contribution in [2.45, 2.75) is 57.0 Å². The lowest BCUT2D eigenvalue weighted by atomic mass is 9.99. The molecule has 4 atom stereocenters. The number of carbonyl (C=O) groups excluding carboxylic acids is 1. The second kappa shape index (κ2) is 16.5. The number of benzene rings is 4. The van der Waals surface area contributed by atoms with E-state index < -0.39 is 18.4 Å². The quantitative estimate of drug-likeness (QED) is 0.123. The molecule has 0 aliphatic carbocycles. The molecule has 0 bridgehead atoms. The Balaban J connectivity index is 1.28. The number of amides is 1. The van der Waals surface area contributed by atoms with Crippen LogP contribution in [0.3, 0.4) is 0 Å². The largest absolute Gasteiger partial charge is 0.508 e. The predicted octanol–water partition coefficient (Wildman–Crippen LogP) is 5.24. The molecule has 0 saturated carbocycles. The lowest BCUT2D eigenvalue weighted by Gasteiger charge is -2.38. The summed E-state index contributed by atoms with van der Waals surface area (Å²) in [5, 5.41) is 41.7. The van der Waals surface area contributed by atoms with Crippen molar-refractivity contribution in [3.63, 3.8) is 0 Å². The van der Waals surface area contributed by atoms with E-state index in [9.17, 15) is 24.9 Å². The fourth-order valence-corrected chi connectivity index (χ4v) is 5.79. The zero-order chi connectivity index (χ0) is 34.0. The van der Waals surface area contributed by atoms with Crippen molar-refractivity contribution in [1.29, 1.82) is 0 Å². The molecule has 0 aromatic heterocycles. The number of aliphatic hydroxyl groups excluding tert-OH is 2. The van der Waals surface area contributed by atoms with Gasteiger partial charge < -0.3 is 40.1 Å². The number of hydrogen-bond donors (Lipinski definition) is 5. The summed E-state index contributed by atoms with van der Waals surface area (Å²) in [7, 11) is 1.93. The number of nitrogens with zero attached hydrogens (tertiary/aromatic N) is 1. The number of likely N-dealkylation sites (N-methyl/N-ethyl adjacent to an activating group) is 1. The first-order valence-electron chi connectivity index (χ1n) is 16.0. The van der Waals surface area contributed by atoms with Crippen LogP contribution in [0.4, 0.5) is 0 Å². The number of hydrogen-bond acceptors (Lipinski definition) is 8. The Labute approximate surface area is 280 Å². The Kier molecular flexibility index (Phi) is 11.9. The first-order valence-corrected chi connectivity index (χ1v) is 16.0. The molecule has 4 unspecified atom stereocenters. The Morgan fingerprint density at radius 1 is 0.875 bits per heavy atom. The fraction of sp³-hybridized carbons (Fsp3) is 0.316. The molecule has 1 fully saturated rings. The van der Waals surface area contributed by atoms with Gasteiger partial charge in [-0.15, -0.1) is 0 Å². The first-order chi connectivity index (χ1) is 23.2. The molecule has 1 amide bonds. The number of carboxylic acids is 1. The minimum atomic E-state index is -1.00. The summed E-state index contributed by atoms with van der Waals surface area (Å²) in [6.07, 6.45) is -1.56. The maximum atomic E-state index is 12.0. The average Bonchev–Trinajstić information content (AvgIpc) is 3.10. The van der Waals surface area contributed by atoms with Gasteiger partial charge in [-0.25, -0.2) is 0 Å². The van der Waals surface area contributed by atoms with Crippen LogP contribution >= 0.6 is 0 Å². The Morgan fingerprint density at radius 3 is 2.31 bits per heavy atom. The van der Waals surface area contributed by atoms with Gasteiger partial charge in [-0.2, -0.15) is 0 Å². The molecule has 5 N–H and O–H groups in total. The molecule has 10 heteroatoms. The van der Waals surface area contributed by atoms with E-state index in [4.69, 9.17) is 14.6 Å². The molecule has 0 spiro atoms. The summed E-state index contributed by atoms with van der Waals surface area (Å²) < 4.78 is 13.0. The molecule has 1 aliphatic rings. The van der Waals surface area contributed by atoms with Gasteiger partial charge in [-0.3, -0.25) is 9.59 Å². The maximum Gasteiger partial charge on any atom is 0.303 e. The van der Waals surface area contributed by atoms with Gasteiger partial charge >= 0.3 is 5.97 Å². The third kappa shape index (κ3) is 9.72. The Morgan fingerprint density at radius 2 is 1.60 bits per heavy atom. The average molecular weight is 655 g/mol. The summed E-state index contributed by atoms with van der Waals surface area (Å²) >= 11 is 0. The molecule has 4 aromatic rings. The van der Waals surface area contributed by atoms with Gasteiger partial charge in [0.2, 0.25) is 5.91 Å². The van der Waals surface area contributed by atoms with Gasteiger partial charge in [0.05, 0.1) is 31.3 Å². The lowest BCUT2D eigenvalue weighted by Crippen LogP contribution is -2.39. The minimum Gasteiger partial charge on any atom is -0.508 e. The normalized spacial score (nSPS) is 18.4. The number of aliphatic hydroxyl groups is 2. The SMILES string of the molecule is CN(CC1CC(c2ccc(CO)cc2)OC(c2ccc(-c3cccc(CNC(=O)CCC(=O)O)c3)cc2)O1)CC(O)c1cccc(O)c1. The molecule has 10 nitrogen and oxygen atoms in total. The highest BCUT2D eigenvalue weighted by atomic mass is 16.7. The van der Waals surface area contributed by atoms with Crippen LogP contribution in [0.15, 0.2) is 97.1 Å². The van der Waals surface area contributed by atoms with Crippen LogP contribution in [0.2, 0.25) is 0 Å². The highest BCUT2D eigenvalue weighted by Gasteiger charge is 2.33. The van der Waals surface area contributed by atoms with Crippen molar-refractivity contribution in [2.75, 3.05) is 20.1 Å². The number of aromatic hydroxyl groups is 1. The van der Waals surface area contributed by atoms with Gasteiger partial charge in [0, 0.05) is 38.0 Å². The summed E-state index contributed by atoms with van der Waals surface area (Å²) in [5.41, 5.74) is 6.13.